The summed E-state index contributed by atoms with van der Waals surface area (Å²) in [6, 6.07) is 0. The second-order valence-electron chi connectivity index (χ2n) is 6.64. The largest absolute Gasteiger partial charge is 0.372 e. The summed E-state index contributed by atoms with van der Waals surface area (Å²) in [5, 5.41) is 4.46. The molecule has 2 atom stereocenters. The van der Waals surface area contributed by atoms with Crippen LogP contribution in [0.15, 0.2) is 5.11 Å². The van der Waals surface area contributed by atoms with Crippen molar-refractivity contribution in [3.05, 3.63) is 10.4 Å². The van der Waals surface area contributed by atoms with Crippen molar-refractivity contribution in [1.29, 1.82) is 0 Å². The van der Waals surface area contributed by atoms with Crippen LogP contribution in [0.1, 0.15) is 53.4 Å². The molecule has 20 heavy (non-hydrogen) atoms. The summed E-state index contributed by atoms with van der Waals surface area (Å²) >= 11 is 3.40. The molecule has 0 aromatic heterocycles. The van der Waals surface area contributed by atoms with Gasteiger partial charge in [-0.1, -0.05) is 21.0 Å². The molecule has 0 spiro atoms. The molecule has 0 aliphatic carbocycles. The number of azide groups is 1. The Kier molecular flexibility index (Phi) is 6.79. The summed E-state index contributed by atoms with van der Waals surface area (Å²) < 4.78 is 11.2. The van der Waals surface area contributed by atoms with Gasteiger partial charge in [-0.25, -0.2) is 0 Å². The zero-order chi connectivity index (χ0) is 15.2. The van der Waals surface area contributed by atoms with Crippen LogP contribution < -0.4 is 0 Å². The van der Waals surface area contributed by atoms with Crippen molar-refractivity contribution < 1.29 is 9.47 Å². The topological polar surface area (TPSA) is 67.2 Å². The van der Waals surface area contributed by atoms with Crippen molar-refractivity contribution in [2.24, 2.45) is 5.11 Å². The minimum Gasteiger partial charge on any atom is -0.372 e. The van der Waals surface area contributed by atoms with Crippen LogP contribution >= 0.6 is 15.9 Å². The van der Waals surface area contributed by atoms with Gasteiger partial charge >= 0.3 is 0 Å². The quantitative estimate of drug-likeness (QED) is 0.324. The van der Waals surface area contributed by atoms with Gasteiger partial charge in [0.05, 0.1) is 30.0 Å². The van der Waals surface area contributed by atoms with Crippen LogP contribution in [0.2, 0.25) is 0 Å². The lowest BCUT2D eigenvalue weighted by Gasteiger charge is -2.17. The predicted octanol–water partition coefficient (Wildman–Crippen LogP) is 4.59. The minimum atomic E-state index is -0.0182. The van der Waals surface area contributed by atoms with Gasteiger partial charge < -0.3 is 9.47 Å². The summed E-state index contributed by atoms with van der Waals surface area (Å²) in [6.45, 7) is 8.89. The number of halogens is 1. The average Bonchev–Trinajstić information content (AvgIpc) is 2.89. The van der Waals surface area contributed by atoms with Crippen LogP contribution in [-0.2, 0) is 9.47 Å². The standard InChI is InChI=1S/C7H13BrO.C7H13N3O/c1-7(2)4-3-6(5-8)9-7;1-7(2)4-3-6(11-7)5-9-10-8/h6H,3-5H2,1-2H3;6H,3-5H2,1-2H3. The Balaban J connectivity index is 0.000000204. The first kappa shape index (κ1) is 17.8. The van der Waals surface area contributed by atoms with Crippen molar-refractivity contribution >= 4 is 15.9 Å². The third-order valence-corrected chi connectivity index (χ3v) is 4.35. The second-order valence-corrected chi connectivity index (χ2v) is 7.29. The molecular weight excluding hydrogens is 322 g/mol. The maximum atomic E-state index is 8.06. The van der Waals surface area contributed by atoms with Crippen molar-refractivity contribution in [2.45, 2.75) is 76.8 Å². The first-order valence-corrected chi connectivity index (χ1v) is 8.32. The lowest BCUT2D eigenvalue weighted by molar-refractivity contribution is -0.0108. The molecular formula is C14H26BrN3O2. The maximum Gasteiger partial charge on any atom is 0.0680 e. The molecule has 116 valence electrons. The number of hydrogen-bond acceptors (Lipinski definition) is 3. The van der Waals surface area contributed by atoms with Crippen LogP contribution in [0.4, 0.5) is 0 Å². The van der Waals surface area contributed by atoms with E-state index < -0.39 is 0 Å². The van der Waals surface area contributed by atoms with Gasteiger partial charge in [-0.05, 0) is 58.9 Å². The first-order chi connectivity index (χ1) is 9.28. The zero-order valence-corrected chi connectivity index (χ0v) is 14.5. The molecule has 2 saturated heterocycles. The molecule has 6 heteroatoms. The minimum absolute atomic E-state index is 0.0182. The molecule has 2 rings (SSSR count). The molecule has 0 radical (unpaired) electrons. The Morgan fingerprint density at radius 3 is 1.90 bits per heavy atom. The van der Waals surface area contributed by atoms with E-state index in [4.69, 9.17) is 15.0 Å². The third kappa shape index (κ3) is 6.44. The fraction of sp³-hybridized carbons (Fsp3) is 1.00. The smallest absolute Gasteiger partial charge is 0.0680 e. The molecule has 0 amide bonds. The van der Waals surface area contributed by atoms with E-state index in [1.807, 2.05) is 0 Å². The highest BCUT2D eigenvalue weighted by atomic mass is 79.9. The molecule has 0 N–H and O–H groups in total. The average molecular weight is 348 g/mol. The van der Waals surface area contributed by atoms with Crippen LogP contribution in [0.5, 0.6) is 0 Å². The molecule has 2 heterocycles. The molecule has 0 bridgehead atoms. The number of alkyl halides is 1. The van der Waals surface area contributed by atoms with Gasteiger partial charge in [0.1, 0.15) is 0 Å². The number of nitrogens with zero attached hydrogens (tertiary/aromatic N) is 3. The fourth-order valence-corrected chi connectivity index (χ4v) is 2.98. The van der Waals surface area contributed by atoms with Gasteiger partial charge in [-0.15, -0.1) is 0 Å². The SMILES string of the molecule is CC1(C)CCC(CBr)O1.CC1(C)CCC(CN=[N+]=[N-])O1. The lowest BCUT2D eigenvalue weighted by atomic mass is 10.1. The van der Waals surface area contributed by atoms with Gasteiger partial charge in [0, 0.05) is 10.2 Å². The van der Waals surface area contributed by atoms with Crippen molar-refractivity contribution in [3.8, 4) is 0 Å². The molecule has 0 saturated carbocycles. The summed E-state index contributed by atoms with van der Waals surface area (Å²) in [6.07, 6.45) is 5.06. The molecule has 2 unspecified atom stereocenters. The lowest BCUT2D eigenvalue weighted by Crippen LogP contribution is -2.21. The van der Waals surface area contributed by atoms with E-state index in [-0.39, 0.29) is 17.3 Å². The number of rotatable bonds is 3. The normalized spacial score (nSPS) is 30.2. The van der Waals surface area contributed by atoms with Gasteiger partial charge in [-0.2, -0.15) is 0 Å². The van der Waals surface area contributed by atoms with Crippen LogP contribution in [0.3, 0.4) is 0 Å². The second kappa shape index (κ2) is 7.64. The van der Waals surface area contributed by atoms with Gasteiger partial charge in [-0.3, -0.25) is 0 Å². The van der Waals surface area contributed by atoms with Crippen LogP contribution in [0, 0.1) is 0 Å². The van der Waals surface area contributed by atoms with E-state index in [0.29, 0.717) is 12.6 Å². The van der Waals surface area contributed by atoms with E-state index in [1.165, 1.54) is 12.8 Å². The van der Waals surface area contributed by atoms with E-state index >= 15 is 0 Å². The number of hydrogen-bond donors (Lipinski definition) is 0. The summed E-state index contributed by atoms with van der Waals surface area (Å²) in [5.74, 6) is 0. The van der Waals surface area contributed by atoms with Gasteiger partial charge in [0.2, 0.25) is 0 Å². The van der Waals surface area contributed by atoms with Crippen LogP contribution in [-0.4, -0.2) is 35.3 Å². The van der Waals surface area contributed by atoms with Crippen molar-refractivity contribution in [2.75, 3.05) is 11.9 Å². The maximum absolute atomic E-state index is 8.06. The fourth-order valence-electron chi connectivity index (χ4n) is 2.52. The molecule has 0 aromatic carbocycles. The van der Waals surface area contributed by atoms with Gasteiger partial charge in [0.25, 0.3) is 0 Å². The van der Waals surface area contributed by atoms with E-state index in [0.717, 1.165) is 18.2 Å². The molecule has 2 aliphatic heterocycles. The van der Waals surface area contributed by atoms with Crippen LogP contribution in [0.25, 0.3) is 10.4 Å². The Bertz CT molecular complexity index is 354. The highest BCUT2D eigenvalue weighted by molar-refractivity contribution is 9.09. The van der Waals surface area contributed by atoms with Gasteiger partial charge in [0.15, 0.2) is 0 Å². The van der Waals surface area contributed by atoms with E-state index in [1.54, 1.807) is 0 Å². The predicted molar refractivity (Wildman–Crippen MR) is 84.2 cm³/mol. The van der Waals surface area contributed by atoms with E-state index in [2.05, 4.69) is 53.7 Å². The summed E-state index contributed by atoms with van der Waals surface area (Å²) in [7, 11) is 0. The highest BCUT2D eigenvalue weighted by Gasteiger charge is 2.31. The van der Waals surface area contributed by atoms with Crippen molar-refractivity contribution in [3.63, 3.8) is 0 Å². The molecule has 2 fully saturated rings. The Morgan fingerprint density at radius 2 is 1.60 bits per heavy atom. The summed E-state index contributed by atoms with van der Waals surface area (Å²) in [4.78, 5) is 2.69. The third-order valence-electron chi connectivity index (χ3n) is 3.63. The Labute approximate surface area is 130 Å². The molecule has 2 aliphatic rings. The Morgan fingerprint density at radius 1 is 1.10 bits per heavy atom. The van der Waals surface area contributed by atoms with Crippen molar-refractivity contribution in [1.82, 2.24) is 0 Å². The number of ether oxygens (including phenoxy) is 2. The van der Waals surface area contributed by atoms with E-state index in [9.17, 15) is 0 Å². The summed E-state index contributed by atoms with van der Waals surface area (Å²) in [5.41, 5.74) is 8.18. The molecule has 5 nitrogen and oxygen atoms in total. The first-order valence-electron chi connectivity index (χ1n) is 7.20. The zero-order valence-electron chi connectivity index (χ0n) is 12.9. The highest BCUT2D eigenvalue weighted by Crippen LogP contribution is 2.30. The molecule has 0 aromatic rings. The monoisotopic (exact) mass is 347 g/mol. The Hall–Kier alpha value is -0.290.